The van der Waals surface area contributed by atoms with Crippen LogP contribution >= 0.6 is 0 Å². The lowest BCUT2D eigenvalue weighted by atomic mass is 9.96. The van der Waals surface area contributed by atoms with E-state index in [4.69, 9.17) is 4.74 Å². The summed E-state index contributed by atoms with van der Waals surface area (Å²) in [5.41, 5.74) is 1.51. The molecule has 1 amide bonds. The van der Waals surface area contributed by atoms with Crippen LogP contribution in [-0.2, 0) is 12.7 Å². The second kappa shape index (κ2) is 8.66. The fraction of sp³-hybridized carbons (Fsp3) is 0.125. The SMILES string of the molecule is COc1cccc(-c2ccc(CNC(=O)c3ccnc(C(F)(F)F)c3)c3cnccc23)c1. The Hall–Kier alpha value is -3.94. The van der Waals surface area contributed by atoms with Crippen molar-refractivity contribution in [2.45, 2.75) is 12.7 Å². The zero-order valence-electron chi connectivity index (χ0n) is 17.0. The van der Waals surface area contributed by atoms with Gasteiger partial charge in [-0.3, -0.25) is 14.8 Å². The Labute approximate surface area is 181 Å². The van der Waals surface area contributed by atoms with Crippen molar-refractivity contribution < 1.29 is 22.7 Å². The van der Waals surface area contributed by atoms with Crippen molar-refractivity contribution in [1.82, 2.24) is 15.3 Å². The van der Waals surface area contributed by atoms with Crippen molar-refractivity contribution in [3.8, 4) is 16.9 Å². The second-order valence-corrected chi connectivity index (χ2v) is 7.04. The number of hydrogen-bond acceptors (Lipinski definition) is 4. The van der Waals surface area contributed by atoms with Gasteiger partial charge in [-0.25, -0.2) is 0 Å². The van der Waals surface area contributed by atoms with Crippen LogP contribution in [-0.4, -0.2) is 23.0 Å². The summed E-state index contributed by atoms with van der Waals surface area (Å²) < 4.78 is 43.9. The van der Waals surface area contributed by atoms with Gasteiger partial charge in [-0.15, -0.1) is 0 Å². The van der Waals surface area contributed by atoms with Gasteiger partial charge in [0.15, 0.2) is 0 Å². The van der Waals surface area contributed by atoms with Gasteiger partial charge in [0, 0.05) is 36.1 Å². The van der Waals surface area contributed by atoms with Crippen LogP contribution in [0.3, 0.4) is 0 Å². The Kier molecular flexibility index (Phi) is 5.77. The van der Waals surface area contributed by atoms with Crippen molar-refractivity contribution in [1.29, 1.82) is 0 Å². The third-order valence-electron chi connectivity index (χ3n) is 5.04. The molecule has 1 N–H and O–H groups in total. The van der Waals surface area contributed by atoms with Gasteiger partial charge in [0.2, 0.25) is 0 Å². The quantitative estimate of drug-likeness (QED) is 0.463. The number of hydrogen-bond donors (Lipinski definition) is 1. The van der Waals surface area contributed by atoms with Gasteiger partial charge >= 0.3 is 6.18 Å². The van der Waals surface area contributed by atoms with Crippen LogP contribution in [0.2, 0.25) is 0 Å². The highest BCUT2D eigenvalue weighted by atomic mass is 19.4. The van der Waals surface area contributed by atoms with Gasteiger partial charge in [-0.1, -0.05) is 24.3 Å². The number of amides is 1. The number of pyridine rings is 2. The molecule has 2 aromatic carbocycles. The zero-order chi connectivity index (χ0) is 22.7. The lowest BCUT2D eigenvalue weighted by molar-refractivity contribution is -0.141. The minimum Gasteiger partial charge on any atom is -0.497 e. The van der Waals surface area contributed by atoms with Crippen molar-refractivity contribution >= 4 is 16.7 Å². The predicted octanol–water partition coefficient (Wildman–Crippen LogP) is 5.25. The molecule has 0 atom stereocenters. The number of carbonyl (C=O) groups excluding carboxylic acids is 1. The molecular weight excluding hydrogens is 419 g/mol. The molecule has 162 valence electrons. The molecular formula is C24H18F3N3O2. The molecule has 2 aromatic heterocycles. The van der Waals surface area contributed by atoms with E-state index in [-0.39, 0.29) is 12.1 Å². The maximum absolute atomic E-state index is 12.9. The van der Waals surface area contributed by atoms with E-state index in [2.05, 4.69) is 15.3 Å². The average Bonchev–Trinajstić information content (AvgIpc) is 2.82. The maximum atomic E-state index is 12.9. The molecule has 32 heavy (non-hydrogen) atoms. The molecule has 0 fully saturated rings. The normalized spacial score (nSPS) is 11.4. The second-order valence-electron chi connectivity index (χ2n) is 7.04. The highest BCUT2D eigenvalue weighted by Crippen LogP contribution is 2.32. The van der Waals surface area contributed by atoms with E-state index in [0.29, 0.717) is 0 Å². The first kappa shape index (κ1) is 21.3. The summed E-state index contributed by atoms with van der Waals surface area (Å²) in [5, 5.41) is 4.45. The van der Waals surface area contributed by atoms with Crippen LogP contribution in [0.25, 0.3) is 21.9 Å². The zero-order valence-corrected chi connectivity index (χ0v) is 17.0. The first-order valence-corrected chi connectivity index (χ1v) is 9.68. The van der Waals surface area contributed by atoms with Crippen LogP contribution in [0.4, 0.5) is 13.2 Å². The molecule has 4 aromatic rings. The number of aromatic nitrogens is 2. The Bertz CT molecular complexity index is 1290. The summed E-state index contributed by atoms with van der Waals surface area (Å²) in [7, 11) is 1.60. The van der Waals surface area contributed by atoms with Crippen molar-refractivity contribution in [3.05, 3.63) is 90.0 Å². The molecule has 2 heterocycles. The van der Waals surface area contributed by atoms with E-state index in [1.165, 1.54) is 6.07 Å². The molecule has 0 bridgehead atoms. The van der Waals surface area contributed by atoms with Crippen LogP contribution in [0.1, 0.15) is 21.6 Å². The minimum atomic E-state index is -4.62. The number of alkyl halides is 3. The fourth-order valence-electron chi connectivity index (χ4n) is 3.45. The van der Waals surface area contributed by atoms with Crippen molar-refractivity contribution in [2.24, 2.45) is 0 Å². The monoisotopic (exact) mass is 437 g/mol. The number of methoxy groups -OCH3 is 1. The van der Waals surface area contributed by atoms with Crippen molar-refractivity contribution in [3.63, 3.8) is 0 Å². The smallest absolute Gasteiger partial charge is 0.433 e. The Morgan fingerprint density at radius 1 is 1.03 bits per heavy atom. The lowest BCUT2D eigenvalue weighted by Gasteiger charge is -2.13. The first-order chi connectivity index (χ1) is 15.4. The Morgan fingerprint density at radius 3 is 2.66 bits per heavy atom. The average molecular weight is 437 g/mol. The fourth-order valence-corrected chi connectivity index (χ4v) is 3.45. The van der Waals surface area contributed by atoms with E-state index in [0.717, 1.165) is 45.5 Å². The van der Waals surface area contributed by atoms with E-state index in [1.807, 2.05) is 42.5 Å². The number of rotatable bonds is 5. The highest BCUT2D eigenvalue weighted by Gasteiger charge is 2.32. The van der Waals surface area contributed by atoms with Crippen molar-refractivity contribution in [2.75, 3.05) is 7.11 Å². The maximum Gasteiger partial charge on any atom is 0.433 e. The van der Waals surface area contributed by atoms with Crippen LogP contribution in [0.5, 0.6) is 5.75 Å². The molecule has 0 saturated heterocycles. The van der Waals surface area contributed by atoms with Gasteiger partial charge in [-0.2, -0.15) is 13.2 Å². The topological polar surface area (TPSA) is 64.1 Å². The summed E-state index contributed by atoms with van der Waals surface area (Å²) in [6.45, 7) is 0.128. The standard InChI is InChI=1S/C24H18F3N3O2/c1-32-18-4-2-3-15(11-18)19-6-5-17(21-14-28-9-8-20(19)21)13-30-23(31)16-7-10-29-22(12-16)24(25,26)27/h2-12,14H,13H2,1H3,(H,30,31). The molecule has 8 heteroatoms. The predicted molar refractivity (Wildman–Crippen MR) is 114 cm³/mol. The number of benzene rings is 2. The van der Waals surface area contributed by atoms with Crippen LogP contribution < -0.4 is 10.1 Å². The molecule has 4 rings (SSSR count). The van der Waals surface area contributed by atoms with E-state index < -0.39 is 17.8 Å². The van der Waals surface area contributed by atoms with Crippen LogP contribution in [0.15, 0.2) is 73.2 Å². The minimum absolute atomic E-state index is 0.109. The van der Waals surface area contributed by atoms with Gasteiger partial charge in [0.1, 0.15) is 11.4 Å². The number of carbonyl (C=O) groups is 1. The lowest BCUT2D eigenvalue weighted by Crippen LogP contribution is -2.23. The van der Waals surface area contributed by atoms with Crippen LogP contribution in [0, 0.1) is 0 Å². The molecule has 0 saturated carbocycles. The third-order valence-corrected chi connectivity index (χ3v) is 5.04. The summed E-state index contributed by atoms with van der Waals surface area (Å²) in [5.74, 6) is 0.114. The number of nitrogens with one attached hydrogen (secondary N) is 1. The summed E-state index contributed by atoms with van der Waals surface area (Å²) >= 11 is 0. The van der Waals surface area contributed by atoms with Gasteiger partial charge < -0.3 is 10.1 Å². The molecule has 0 aliphatic rings. The third kappa shape index (κ3) is 4.39. The number of fused-ring (bicyclic) bond motifs is 1. The van der Waals surface area contributed by atoms with Gasteiger partial charge in [0.05, 0.1) is 7.11 Å². The summed E-state index contributed by atoms with van der Waals surface area (Å²) in [6, 6.07) is 15.3. The highest BCUT2D eigenvalue weighted by molar-refractivity contribution is 5.99. The van der Waals surface area contributed by atoms with E-state index >= 15 is 0 Å². The van der Waals surface area contributed by atoms with Gasteiger partial charge in [-0.05, 0) is 52.4 Å². The molecule has 0 radical (unpaired) electrons. The first-order valence-electron chi connectivity index (χ1n) is 9.68. The van der Waals surface area contributed by atoms with E-state index in [1.54, 1.807) is 19.5 Å². The Morgan fingerprint density at radius 2 is 1.88 bits per heavy atom. The summed E-state index contributed by atoms with van der Waals surface area (Å²) in [6.07, 6.45) is -0.257. The largest absolute Gasteiger partial charge is 0.497 e. The molecule has 0 spiro atoms. The molecule has 5 nitrogen and oxygen atoms in total. The summed E-state index contributed by atoms with van der Waals surface area (Å²) in [4.78, 5) is 19.9. The molecule has 0 aliphatic carbocycles. The van der Waals surface area contributed by atoms with E-state index in [9.17, 15) is 18.0 Å². The van der Waals surface area contributed by atoms with Gasteiger partial charge in [0.25, 0.3) is 5.91 Å². The number of halogens is 3. The Balaban J connectivity index is 1.62. The number of ether oxygens (including phenoxy) is 1. The molecule has 0 unspecified atom stereocenters. The molecule has 0 aliphatic heterocycles. The number of nitrogens with zero attached hydrogens (tertiary/aromatic N) is 2.